The van der Waals surface area contributed by atoms with Gasteiger partial charge in [0, 0.05) is 12.4 Å². The molecule has 2 aromatic carbocycles. The molecule has 0 saturated carbocycles. The van der Waals surface area contributed by atoms with Gasteiger partial charge in [-0.2, -0.15) is 5.10 Å². The van der Waals surface area contributed by atoms with Crippen LogP contribution >= 0.6 is 0 Å². The summed E-state index contributed by atoms with van der Waals surface area (Å²) in [4.78, 5) is 24.7. The molecule has 0 amide bonds. The molecule has 7 heteroatoms. The van der Waals surface area contributed by atoms with Crippen LogP contribution in [0.2, 0.25) is 0 Å². The van der Waals surface area contributed by atoms with Gasteiger partial charge in [-0.3, -0.25) is 4.79 Å². The first kappa shape index (κ1) is 17.5. The van der Waals surface area contributed by atoms with Crippen LogP contribution in [0.3, 0.4) is 0 Å². The predicted molar refractivity (Wildman–Crippen MR) is 95.6 cm³/mol. The molecule has 0 saturated heterocycles. The second-order valence-corrected chi connectivity index (χ2v) is 5.59. The first-order valence-corrected chi connectivity index (χ1v) is 7.89. The zero-order valence-corrected chi connectivity index (χ0v) is 14.7. The quantitative estimate of drug-likeness (QED) is 0.654. The molecule has 0 N–H and O–H groups in total. The Morgan fingerprint density at radius 1 is 1.04 bits per heavy atom. The number of esters is 1. The molecule has 3 aromatic rings. The molecule has 7 nitrogen and oxygen atoms in total. The Morgan fingerprint density at radius 2 is 1.73 bits per heavy atom. The lowest BCUT2D eigenvalue weighted by atomic mass is 10.1. The van der Waals surface area contributed by atoms with E-state index in [2.05, 4.69) is 5.10 Å². The summed E-state index contributed by atoms with van der Waals surface area (Å²) < 4.78 is 16.9. The van der Waals surface area contributed by atoms with Crippen molar-refractivity contribution >= 4 is 16.7 Å². The van der Waals surface area contributed by atoms with Crippen molar-refractivity contribution in [3.8, 4) is 11.5 Å². The van der Waals surface area contributed by atoms with Crippen molar-refractivity contribution in [1.82, 2.24) is 9.78 Å². The Labute approximate surface area is 149 Å². The van der Waals surface area contributed by atoms with Crippen LogP contribution in [0, 0.1) is 0 Å². The van der Waals surface area contributed by atoms with Crippen LogP contribution in [0.4, 0.5) is 0 Å². The molecule has 0 bridgehead atoms. The topological polar surface area (TPSA) is 79.7 Å². The molecule has 3 rings (SSSR count). The lowest BCUT2D eigenvalue weighted by Gasteiger charge is -2.11. The Morgan fingerprint density at radius 3 is 2.42 bits per heavy atom. The predicted octanol–water partition coefficient (Wildman–Crippen LogP) is 2.31. The normalized spacial score (nSPS) is 10.6. The number of carbonyl (C=O) groups is 1. The Hall–Kier alpha value is -3.35. The number of nitrogens with zero attached hydrogens (tertiary/aromatic N) is 2. The van der Waals surface area contributed by atoms with E-state index in [-0.39, 0.29) is 17.9 Å². The number of methoxy groups -OCH3 is 2. The summed E-state index contributed by atoms with van der Waals surface area (Å²) in [6.07, 6.45) is 0. The first-order chi connectivity index (χ1) is 12.5. The van der Waals surface area contributed by atoms with Gasteiger partial charge in [0.15, 0.2) is 17.2 Å². The van der Waals surface area contributed by atoms with Crippen molar-refractivity contribution in [2.24, 2.45) is 7.05 Å². The van der Waals surface area contributed by atoms with Crippen molar-refractivity contribution in [2.45, 2.75) is 6.61 Å². The molecule has 0 fully saturated rings. The fourth-order valence-corrected chi connectivity index (χ4v) is 2.64. The van der Waals surface area contributed by atoms with Gasteiger partial charge >= 0.3 is 5.97 Å². The summed E-state index contributed by atoms with van der Waals surface area (Å²) in [5.41, 5.74) is 0.574. The third kappa shape index (κ3) is 3.23. The fraction of sp³-hybridized carbons (Fsp3) is 0.211. The van der Waals surface area contributed by atoms with Crippen LogP contribution in [0.25, 0.3) is 10.8 Å². The van der Waals surface area contributed by atoms with Crippen LogP contribution in [0.15, 0.2) is 47.3 Å². The molecule has 0 atom stereocenters. The van der Waals surface area contributed by atoms with Gasteiger partial charge in [-0.1, -0.05) is 24.3 Å². The molecule has 0 aliphatic carbocycles. The Kier molecular flexibility index (Phi) is 4.88. The van der Waals surface area contributed by atoms with E-state index < -0.39 is 5.97 Å². The number of hydrogen-bond donors (Lipinski definition) is 0. The highest BCUT2D eigenvalue weighted by Gasteiger charge is 2.17. The first-order valence-electron chi connectivity index (χ1n) is 7.89. The van der Waals surface area contributed by atoms with E-state index in [1.54, 1.807) is 49.6 Å². The number of ether oxygens (including phenoxy) is 3. The van der Waals surface area contributed by atoms with Crippen LogP contribution in [-0.2, 0) is 18.4 Å². The number of aryl methyl sites for hydroxylation is 1. The van der Waals surface area contributed by atoms with Crippen LogP contribution in [0.1, 0.15) is 16.1 Å². The number of fused-ring (bicyclic) bond motifs is 1. The minimum absolute atomic E-state index is 0.0397. The number of benzene rings is 2. The minimum Gasteiger partial charge on any atom is -0.493 e. The molecular formula is C19H18N2O5. The standard InChI is InChI=1S/C19H18N2O5/c1-21-18(22)14-7-5-4-6-13(14)17(20-21)19(23)26-11-12-8-9-15(24-2)16(10-12)25-3/h4-10H,11H2,1-3H3. The zero-order valence-electron chi connectivity index (χ0n) is 14.7. The molecule has 1 aromatic heterocycles. The lowest BCUT2D eigenvalue weighted by Crippen LogP contribution is -2.23. The van der Waals surface area contributed by atoms with E-state index in [0.717, 1.165) is 10.2 Å². The van der Waals surface area contributed by atoms with Crippen molar-refractivity contribution in [3.05, 3.63) is 64.1 Å². The number of carbonyl (C=O) groups excluding carboxylic acids is 1. The molecule has 0 aliphatic rings. The summed E-state index contributed by atoms with van der Waals surface area (Å²) in [6.45, 7) is 0.0397. The third-order valence-corrected chi connectivity index (χ3v) is 3.97. The van der Waals surface area contributed by atoms with Gasteiger partial charge in [0.2, 0.25) is 0 Å². The van der Waals surface area contributed by atoms with Gasteiger partial charge in [0.05, 0.1) is 19.6 Å². The zero-order chi connectivity index (χ0) is 18.7. The van der Waals surface area contributed by atoms with E-state index in [0.29, 0.717) is 22.3 Å². The SMILES string of the molecule is COc1ccc(COC(=O)c2nn(C)c(=O)c3ccccc23)cc1OC. The van der Waals surface area contributed by atoms with E-state index >= 15 is 0 Å². The molecule has 0 spiro atoms. The lowest BCUT2D eigenvalue weighted by molar-refractivity contribution is 0.0465. The van der Waals surface area contributed by atoms with Crippen LogP contribution in [-0.4, -0.2) is 30.0 Å². The maximum absolute atomic E-state index is 12.5. The van der Waals surface area contributed by atoms with Crippen molar-refractivity contribution in [1.29, 1.82) is 0 Å². The van der Waals surface area contributed by atoms with Crippen LogP contribution in [0.5, 0.6) is 11.5 Å². The molecule has 26 heavy (non-hydrogen) atoms. The summed E-state index contributed by atoms with van der Waals surface area (Å²) >= 11 is 0. The van der Waals surface area contributed by atoms with E-state index in [1.807, 2.05) is 0 Å². The van der Waals surface area contributed by atoms with Gasteiger partial charge in [-0.05, 0) is 23.8 Å². The largest absolute Gasteiger partial charge is 0.493 e. The average molecular weight is 354 g/mol. The highest BCUT2D eigenvalue weighted by Crippen LogP contribution is 2.28. The van der Waals surface area contributed by atoms with Crippen molar-refractivity contribution < 1.29 is 19.0 Å². The van der Waals surface area contributed by atoms with E-state index in [9.17, 15) is 9.59 Å². The molecule has 1 heterocycles. The molecule has 0 radical (unpaired) electrons. The summed E-state index contributed by atoms with van der Waals surface area (Å²) in [6, 6.07) is 12.1. The molecule has 134 valence electrons. The summed E-state index contributed by atoms with van der Waals surface area (Å²) in [5.74, 6) is 0.534. The van der Waals surface area contributed by atoms with Gasteiger partial charge in [-0.15, -0.1) is 0 Å². The summed E-state index contributed by atoms with van der Waals surface area (Å²) in [5, 5.41) is 4.94. The molecule has 0 aliphatic heterocycles. The fourth-order valence-electron chi connectivity index (χ4n) is 2.64. The van der Waals surface area contributed by atoms with Gasteiger partial charge in [0.25, 0.3) is 5.56 Å². The number of hydrogen-bond acceptors (Lipinski definition) is 6. The Balaban J connectivity index is 1.87. The number of aromatic nitrogens is 2. The van der Waals surface area contributed by atoms with Crippen molar-refractivity contribution in [3.63, 3.8) is 0 Å². The Bertz CT molecular complexity index is 1030. The third-order valence-electron chi connectivity index (χ3n) is 3.97. The number of rotatable bonds is 5. The monoisotopic (exact) mass is 354 g/mol. The van der Waals surface area contributed by atoms with Gasteiger partial charge in [0.1, 0.15) is 6.61 Å². The van der Waals surface area contributed by atoms with Crippen molar-refractivity contribution in [2.75, 3.05) is 14.2 Å². The molecular weight excluding hydrogens is 336 g/mol. The maximum atomic E-state index is 12.5. The van der Waals surface area contributed by atoms with Crippen LogP contribution < -0.4 is 15.0 Å². The second kappa shape index (κ2) is 7.26. The van der Waals surface area contributed by atoms with E-state index in [4.69, 9.17) is 14.2 Å². The van der Waals surface area contributed by atoms with Gasteiger partial charge < -0.3 is 14.2 Å². The summed E-state index contributed by atoms with van der Waals surface area (Å²) in [7, 11) is 4.59. The average Bonchev–Trinajstić information content (AvgIpc) is 2.68. The highest BCUT2D eigenvalue weighted by atomic mass is 16.5. The second-order valence-electron chi connectivity index (χ2n) is 5.59. The molecule has 0 unspecified atom stereocenters. The van der Waals surface area contributed by atoms with Gasteiger partial charge in [-0.25, -0.2) is 9.48 Å². The van der Waals surface area contributed by atoms with E-state index in [1.165, 1.54) is 14.2 Å². The maximum Gasteiger partial charge on any atom is 0.359 e. The highest BCUT2D eigenvalue weighted by molar-refractivity contribution is 6.02. The minimum atomic E-state index is -0.605. The smallest absolute Gasteiger partial charge is 0.359 e.